The molecule has 0 radical (unpaired) electrons. The van der Waals surface area contributed by atoms with Crippen molar-refractivity contribution in [3.8, 4) is 0 Å². The van der Waals surface area contributed by atoms with Gasteiger partial charge in [-0.25, -0.2) is 4.98 Å². The Kier molecular flexibility index (Phi) is 3.96. The van der Waals surface area contributed by atoms with Crippen LogP contribution in [0.1, 0.15) is 25.5 Å². The number of imidazole rings is 1. The Labute approximate surface area is 96.9 Å². The minimum atomic E-state index is 0.348. The van der Waals surface area contributed by atoms with Crippen LogP contribution in [-0.4, -0.2) is 39.3 Å². The van der Waals surface area contributed by atoms with E-state index in [1.807, 2.05) is 12.5 Å². The summed E-state index contributed by atoms with van der Waals surface area (Å²) < 4.78 is 2.19. The molecule has 0 saturated carbocycles. The van der Waals surface area contributed by atoms with E-state index in [1.165, 1.54) is 5.69 Å². The van der Waals surface area contributed by atoms with Crippen LogP contribution in [0.2, 0.25) is 0 Å². The van der Waals surface area contributed by atoms with Gasteiger partial charge in [0.2, 0.25) is 0 Å². The minimum absolute atomic E-state index is 0.348. The Hall–Kier alpha value is -0.870. The lowest BCUT2D eigenvalue weighted by molar-refractivity contribution is 0.126. The summed E-state index contributed by atoms with van der Waals surface area (Å²) >= 11 is 0. The summed E-state index contributed by atoms with van der Waals surface area (Å²) in [6, 6.07) is 0. The number of hydrogen-bond donors (Lipinski definition) is 1. The molecule has 4 nitrogen and oxygen atoms in total. The van der Waals surface area contributed by atoms with Gasteiger partial charge in [-0.2, -0.15) is 0 Å². The van der Waals surface area contributed by atoms with Gasteiger partial charge in [-0.1, -0.05) is 0 Å². The van der Waals surface area contributed by atoms with E-state index in [2.05, 4.69) is 21.4 Å². The molecule has 0 bridgehead atoms. The van der Waals surface area contributed by atoms with Crippen LogP contribution >= 0.6 is 0 Å². The van der Waals surface area contributed by atoms with Gasteiger partial charge < -0.3 is 9.67 Å². The molecule has 0 aromatic carbocycles. The Morgan fingerprint density at radius 2 is 2.19 bits per heavy atom. The van der Waals surface area contributed by atoms with Gasteiger partial charge in [0, 0.05) is 25.9 Å². The fourth-order valence-electron chi connectivity index (χ4n) is 2.32. The van der Waals surface area contributed by atoms with Crippen LogP contribution in [-0.2, 0) is 13.1 Å². The Morgan fingerprint density at radius 1 is 1.44 bits per heavy atom. The van der Waals surface area contributed by atoms with Gasteiger partial charge in [-0.3, -0.25) is 4.90 Å². The van der Waals surface area contributed by atoms with Crippen molar-refractivity contribution in [3.05, 3.63) is 18.2 Å². The largest absolute Gasteiger partial charge is 0.396 e. The number of rotatable bonds is 4. The van der Waals surface area contributed by atoms with E-state index in [0.29, 0.717) is 12.5 Å². The summed E-state index contributed by atoms with van der Waals surface area (Å²) in [5.41, 5.74) is 1.30. The highest BCUT2D eigenvalue weighted by atomic mass is 16.3. The number of hydrogen-bond acceptors (Lipinski definition) is 3. The molecule has 1 aliphatic rings. The van der Waals surface area contributed by atoms with E-state index in [-0.39, 0.29) is 0 Å². The Morgan fingerprint density at radius 3 is 2.81 bits per heavy atom. The third kappa shape index (κ3) is 2.62. The fourth-order valence-corrected chi connectivity index (χ4v) is 2.32. The molecule has 0 atom stereocenters. The highest BCUT2D eigenvalue weighted by molar-refractivity contribution is 4.98. The van der Waals surface area contributed by atoms with Crippen LogP contribution in [0.25, 0.3) is 0 Å². The van der Waals surface area contributed by atoms with Gasteiger partial charge in [-0.05, 0) is 38.8 Å². The van der Waals surface area contributed by atoms with Gasteiger partial charge in [0.05, 0.1) is 12.0 Å². The second-order valence-corrected chi connectivity index (χ2v) is 4.57. The lowest BCUT2D eigenvalue weighted by Crippen LogP contribution is -2.34. The van der Waals surface area contributed by atoms with Crippen LogP contribution in [0.3, 0.4) is 0 Å². The summed E-state index contributed by atoms with van der Waals surface area (Å²) in [6.07, 6.45) is 6.10. The van der Waals surface area contributed by atoms with Gasteiger partial charge in [0.1, 0.15) is 0 Å². The van der Waals surface area contributed by atoms with Crippen molar-refractivity contribution in [2.45, 2.75) is 32.9 Å². The third-order valence-electron chi connectivity index (χ3n) is 3.49. The van der Waals surface area contributed by atoms with E-state index in [9.17, 15) is 0 Å². The molecule has 1 N–H and O–H groups in total. The lowest BCUT2D eigenvalue weighted by atomic mass is 9.98. The molecule has 1 aromatic rings. The molecule has 0 amide bonds. The number of likely N-dealkylation sites (tertiary alicyclic amines) is 1. The minimum Gasteiger partial charge on any atom is -0.396 e. The maximum absolute atomic E-state index is 9.08. The SMILES string of the molecule is CCn1cncc1CN1CCC(CO)CC1. The van der Waals surface area contributed by atoms with Crippen molar-refractivity contribution in [2.75, 3.05) is 19.7 Å². The zero-order chi connectivity index (χ0) is 11.4. The number of nitrogens with zero attached hydrogens (tertiary/aromatic N) is 3. The Bertz CT molecular complexity index is 316. The molecular weight excluding hydrogens is 202 g/mol. The van der Waals surface area contributed by atoms with E-state index in [0.717, 1.165) is 39.0 Å². The van der Waals surface area contributed by atoms with Gasteiger partial charge >= 0.3 is 0 Å². The molecule has 2 rings (SSSR count). The van der Waals surface area contributed by atoms with Crippen LogP contribution in [0.15, 0.2) is 12.5 Å². The zero-order valence-electron chi connectivity index (χ0n) is 9.97. The van der Waals surface area contributed by atoms with Gasteiger partial charge in [0.15, 0.2) is 0 Å². The van der Waals surface area contributed by atoms with Crippen molar-refractivity contribution >= 4 is 0 Å². The molecule has 4 heteroatoms. The number of piperidine rings is 1. The van der Waals surface area contributed by atoms with Gasteiger partial charge in [0.25, 0.3) is 0 Å². The molecule has 1 saturated heterocycles. The highest BCUT2D eigenvalue weighted by Crippen LogP contribution is 2.18. The monoisotopic (exact) mass is 223 g/mol. The lowest BCUT2D eigenvalue weighted by Gasteiger charge is -2.31. The average molecular weight is 223 g/mol. The fraction of sp³-hybridized carbons (Fsp3) is 0.750. The highest BCUT2D eigenvalue weighted by Gasteiger charge is 2.19. The molecule has 1 fully saturated rings. The van der Waals surface area contributed by atoms with Crippen molar-refractivity contribution in [1.82, 2.24) is 14.5 Å². The first-order valence-electron chi connectivity index (χ1n) is 6.15. The first-order valence-corrected chi connectivity index (χ1v) is 6.15. The van der Waals surface area contributed by atoms with Crippen molar-refractivity contribution < 1.29 is 5.11 Å². The van der Waals surface area contributed by atoms with E-state index < -0.39 is 0 Å². The normalized spacial score (nSPS) is 19.1. The third-order valence-corrected chi connectivity index (χ3v) is 3.49. The first-order chi connectivity index (χ1) is 7.83. The number of aromatic nitrogens is 2. The average Bonchev–Trinajstić information content (AvgIpc) is 2.77. The van der Waals surface area contributed by atoms with Gasteiger partial charge in [-0.15, -0.1) is 0 Å². The second-order valence-electron chi connectivity index (χ2n) is 4.57. The zero-order valence-corrected chi connectivity index (χ0v) is 9.97. The maximum Gasteiger partial charge on any atom is 0.0948 e. The van der Waals surface area contributed by atoms with E-state index in [1.54, 1.807) is 0 Å². The summed E-state index contributed by atoms with van der Waals surface area (Å²) in [7, 11) is 0. The molecule has 0 spiro atoms. The van der Waals surface area contributed by atoms with E-state index >= 15 is 0 Å². The van der Waals surface area contributed by atoms with Crippen LogP contribution in [0, 0.1) is 5.92 Å². The Balaban J connectivity index is 1.87. The molecule has 16 heavy (non-hydrogen) atoms. The van der Waals surface area contributed by atoms with Crippen LogP contribution in [0.4, 0.5) is 0 Å². The molecule has 90 valence electrons. The van der Waals surface area contributed by atoms with E-state index in [4.69, 9.17) is 5.11 Å². The van der Waals surface area contributed by atoms with Crippen LogP contribution in [0.5, 0.6) is 0 Å². The summed E-state index contributed by atoms with van der Waals surface area (Å²) in [5, 5.41) is 9.08. The smallest absolute Gasteiger partial charge is 0.0948 e. The predicted molar refractivity (Wildman–Crippen MR) is 63.0 cm³/mol. The summed E-state index contributed by atoms with van der Waals surface area (Å²) in [4.78, 5) is 6.64. The summed E-state index contributed by atoms with van der Waals surface area (Å²) in [6.45, 7) is 6.67. The second kappa shape index (κ2) is 5.46. The standard InChI is InChI=1S/C12H21N3O/c1-2-15-10-13-7-12(15)8-14-5-3-11(9-16)4-6-14/h7,10-11,16H,2-6,8-9H2,1H3. The molecule has 2 heterocycles. The van der Waals surface area contributed by atoms with Crippen molar-refractivity contribution in [3.63, 3.8) is 0 Å². The molecule has 0 unspecified atom stereocenters. The number of aryl methyl sites for hydroxylation is 1. The quantitative estimate of drug-likeness (QED) is 0.831. The molecule has 1 aromatic heterocycles. The first kappa shape index (κ1) is 11.6. The predicted octanol–water partition coefficient (Wildman–Crippen LogP) is 1.11. The summed E-state index contributed by atoms with van der Waals surface area (Å²) in [5.74, 6) is 0.521. The maximum atomic E-state index is 9.08. The van der Waals surface area contributed by atoms with Crippen LogP contribution < -0.4 is 0 Å². The molecule has 1 aliphatic heterocycles. The molecular formula is C12H21N3O. The van der Waals surface area contributed by atoms with Crippen molar-refractivity contribution in [1.29, 1.82) is 0 Å². The number of aliphatic hydroxyl groups excluding tert-OH is 1. The molecule has 0 aliphatic carbocycles. The number of aliphatic hydroxyl groups is 1. The van der Waals surface area contributed by atoms with Crippen molar-refractivity contribution in [2.24, 2.45) is 5.92 Å². The topological polar surface area (TPSA) is 41.3 Å².